The second-order valence-electron chi connectivity index (χ2n) is 6.58. The molecule has 0 spiro atoms. The van der Waals surface area contributed by atoms with Crippen molar-refractivity contribution in [1.29, 1.82) is 0 Å². The summed E-state index contributed by atoms with van der Waals surface area (Å²) in [6.45, 7) is 8.39. The number of nitrogens with zero attached hydrogens (tertiary/aromatic N) is 1. The molecular weight excluding hydrogens is 282 g/mol. The third kappa shape index (κ3) is 3.49. The summed E-state index contributed by atoms with van der Waals surface area (Å²) in [5, 5.41) is 11.8. The van der Waals surface area contributed by atoms with Gasteiger partial charge in [-0.25, -0.2) is 0 Å². The topological polar surface area (TPSA) is 40.5 Å². The fraction of sp³-hybridized carbons (Fsp3) is 0.706. The highest BCUT2D eigenvalue weighted by atomic mass is 32.1. The fourth-order valence-electron chi connectivity index (χ4n) is 3.67. The molecule has 2 heterocycles. The van der Waals surface area contributed by atoms with Crippen LogP contribution in [0.2, 0.25) is 0 Å². The van der Waals surface area contributed by atoms with E-state index in [1.807, 2.05) is 11.3 Å². The standard InChI is InChI=1S/C17H27NO2S/c1-4-7-17(16(19)20)8-10-18(11-9-17)15(13(2)3)14-6-5-12-21-14/h5-6,12-13,15H,4,7-11H2,1-3H3,(H,19,20). The minimum Gasteiger partial charge on any atom is -0.481 e. The molecule has 0 aromatic carbocycles. The third-order valence-electron chi connectivity index (χ3n) is 4.80. The zero-order valence-electron chi connectivity index (χ0n) is 13.3. The Morgan fingerprint density at radius 2 is 2.10 bits per heavy atom. The quantitative estimate of drug-likeness (QED) is 0.846. The Bertz CT molecular complexity index is 447. The van der Waals surface area contributed by atoms with Crippen LogP contribution in [0.3, 0.4) is 0 Å². The number of carboxylic acid groups (broad SMARTS) is 1. The summed E-state index contributed by atoms with van der Waals surface area (Å²) in [4.78, 5) is 15.6. The lowest BCUT2D eigenvalue weighted by Crippen LogP contribution is -2.46. The highest BCUT2D eigenvalue weighted by Gasteiger charge is 2.42. The van der Waals surface area contributed by atoms with Crippen LogP contribution >= 0.6 is 11.3 Å². The largest absolute Gasteiger partial charge is 0.481 e. The van der Waals surface area contributed by atoms with Crippen molar-refractivity contribution >= 4 is 17.3 Å². The highest BCUT2D eigenvalue weighted by Crippen LogP contribution is 2.41. The zero-order valence-corrected chi connectivity index (χ0v) is 14.2. The Labute approximate surface area is 132 Å². The molecule has 1 aliphatic rings. The van der Waals surface area contributed by atoms with Crippen LogP contribution in [0.5, 0.6) is 0 Å². The number of carboxylic acids is 1. The Morgan fingerprint density at radius 1 is 1.43 bits per heavy atom. The molecule has 1 atom stereocenters. The average molecular weight is 309 g/mol. The molecule has 0 saturated carbocycles. The Morgan fingerprint density at radius 3 is 2.52 bits per heavy atom. The first-order chi connectivity index (χ1) is 10.00. The first-order valence-corrected chi connectivity index (χ1v) is 8.89. The van der Waals surface area contributed by atoms with Gasteiger partial charge in [0.15, 0.2) is 0 Å². The third-order valence-corrected chi connectivity index (χ3v) is 5.74. The number of carbonyl (C=O) groups is 1. The lowest BCUT2D eigenvalue weighted by atomic mass is 9.74. The smallest absolute Gasteiger partial charge is 0.309 e. The maximum absolute atomic E-state index is 11.7. The van der Waals surface area contributed by atoms with Crippen LogP contribution in [0.15, 0.2) is 17.5 Å². The van der Waals surface area contributed by atoms with Crippen LogP contribution in [0.4, 0.5) is 0 Å². The van der Waals surface area contributed by atoms with Gasteiger partial charge in [0.25, 0.3) is 0 Å². The van der Waals surface area contributed by atoms with Gasteiger partial charge in [0, 0.05) is 10.9 Å². The second kappa shape index (κ2) is 6.93. The fourth-order valence-corrected chi connectivity index (χ4v) is 4.70. The molecule has 1 aromatic rings. The van der Waals surface area contributed by atoms with Gasteiger partial charge >= 0.3 is 5.97 Å². The number of rotatable bonds is 6. The van der Waals surface area contributed by atoms with Crippen molar-refractivity contribution in [2.24, 2.45) is 11.3 Å². The van der Waals surface area contributed by atoms with E-state index in [0.717, 1.165) is 38.8 Å². The number of piperidine rings is 1. The molecule has 0 amide bonds. The van der Waals surface area contributed by atoms with Crippen molar-refractivity contribution < 1.29 is 9.90 Å². The van der Waals surface area contributed by atoms with E-state index in [-0.39, 0.29) is 0 Å². The molecule has 1 saturated heterocycles. The summed E-state index contributed by atoms with van der Waals surface area (Å²) in [6, 6.07) is 4.75. The SMILES string of the molecule is CCCC1(C(=O)O)CCN(C(c2cccs2)C(C)C)CC1. The lowest BCUT2D eigenvalue weighted by molar-refractivity contribution is -0.153. The van der Waals surface area contributed by atoms with Gasteiger partial charge in [0.2, 0.25) is 0 Å². The first-order valence-electron chi connectivity index (χ1n) is 8.01. The molecule has 1 N–H and O–H groups in total. The van der Waals surface area contributed by atoms with E-state index >= 15 is 0 Å². The van der Waals surface area contributed by atoms with Gasteiger partial charge in [-0.1, -0.05) is 33.3 Å². The minimum atomic E-state index is -0.596. The Hall–Kier alpha value is -0.870. The van der Waals surface area contributed by atoms with E-state index in [0.29, 0.717) is 12.0 Å². The van der Waals surface area contributed by atoms with Gasteiger partial charge in [-0.05, 0) is 49.7 Å². The monoisotopic (exact) mass is 309 g/mol. The van der Waals surface area contributed by atoms with E-state index in [9.17, 15) is 9.90 Å². The van der Waals surface area contributed by atoms with E-state index < -0.39 is 11.4 Å². The van der Waals surface area contributed by atoms with E-state index in [2.05, 4.69) is 43.2 Å². The van der Waals surface area contributed by atoms with Gasteiger partial charge in [0.1, 0.15) is 0 Å². The predicted octanol–water partition coefficient (Wildman–Crippen LogP) is 4.41. The molecule has 21 heavy (non-hydrogen) atoms. The van der Waals surface area contributed by atoms with Crippen molar-refractivity contribution in [2.45, 2.75) is 52.5 Å². The molecule has 1 aromatic heterocycles. The molecule has 1 aliphatic heterocycles. The van der Waals surface area contributed by atoms with Gasteiger partial charge < -0.3 is 5.11 Å². The number of hydrogen-bond acceptors (Lipinski definition) is 3. The number of hydrogen-bond donors (Lipinski definition) is 1. The predicted molar refractivity (Wildman–Crippen MR) is 87.7 cm³/mol. The highest BCUT2D eigenvalue weighted by molar-refractivity contribution is 7.10. The van der Waals surface area contributed by atoms with E-state index in [1.54, 1.807) is 0 Å². The van der Waals surface area contributed by atoms with Crippen molar-refractivity contribution in [1.82, 2.24) is 4.90 Å². The Balaban J connectivity index is 2.10. The van der Waals surface area contributed by atoms with Gasteiger partial charge in [-0.2, -0.15) is 0 Å². The summed E-state index contributed by atoms with van der Waals surface area (Å²) < 4.78 is 0. The van der Waals surface area contributed by atoms with Crippen LogP contribution in [-0.4, -0.2) is 29.1 Å². The summed E-state index contributed by atoms with van der Waals surface area (Å²) in [7, 11) is 0. The molecule has 4 heteroatoms. The van der Waals surface area contributed by atoms with Crippen LogP contribution in [-0.2, 0) is 4.79 Å². The number of likely N-dealkylation sites (tertiary alicyclic amines) is 1. The molecule has 0 aliphatic carbocycles. The van der Waals surface area contributed by atoms with Crippen LogP contribution in [0.1, 0.15) is 57.4 Å². The van der Waals surface area contributed by atoms with Crippen molar-refractivity contribution in [3.05, 3.63) is 22.4 Å². The summed E-state index contributed by atoms with van der Waals surface area (Å²) in [5.74, 6) is -0.0478. The molecule has 2 rings (SSSR count). The van der Waals surface area contributed by atoms with Crippen molar-refractivity contribution in [2.75, 3.05) is 13.1 Å². The van der Waals surface area contributed by atoms with Crippen molar-refractivity contribution in [3.8, 4) is 0 Å². The number of aliphatic carboxylic acids is 1. The van der Waals surface area contributed by atoms with Gasteiger partial charge in [0.05, 0.1) is 5.41 Å². The van der Waals surface area contributed by atoms with Crippen LogP contribution in [0, 0.1) is 11.3 Å². The van der Waals surface area contributed by atoms with E-state index in [4.69, 9.17) is 0 Å². The molecule has 1 fully saturated rings. The van der Waals surface area contributed by atoms with Gasteiger partial charge in [-0.3, -0.25) is 9.69 Å². The van der Waals surface area contributed by atoms with Crippen molar-refractivity contribution in [3.63, 3.8) is 0 Å². The zero-order chi connectivity index (χ0) is 15.5. The molecule has 1 unspecified atom stereocenters. The average Bonchev–Trinajstić information content (AvgIpc) is 2.94. The summed E-state index contributed by atoms with van der Waals surface area (Å²) >= 11 is 1.81. The Kier molecular flexibility index (Phi) is 5.44. The van der Waals surface area contributed by atoms with Crippen LogP contribution < -0.4 is 0 Å². The first kappa shape index (κ1) is 16.5. The second-order valence-corrected chi connectivity index (χ2v) is 7.55. The molecule has 0 bridgehead atoms. The maximum atomic E-state index is 11.7. The lowest BCUT2D eigenvalue weighted by Gasteiger charge is -2.43. The van der Waals surface area contributed by atoms with Crippen LogP contribution in [0.25, 0.3) is 0 Å². The molecule has 3 nitrogen and oxygen atoms in total. The summed E-state index contributed by atoms with van der Waals surface area (Å²) in [6.07, 6.45) is 3.32. The number of thiophene rings is 1. The van der Waals surface area contributed by atoms with Gasteiger partial charge in [-0.15, -0.1) is 11.3 Å². The molecular formula is C17H27NO2S. The normalized spacial score (nSPS) is 20.6. The maximum Gasteiger partial charge on any atom is 0.309 e. The molecule has 118 valence electrons. The minimum absolute atomic E-state index is 0.429. The van der Waals surface area contributed by atoms with E-state index in [1.165, 1.54) is 4.88 Å². The summed E-state index contributed by atoms with van der Waals surface area (Å²) in [5.41, 5.74) is -0.484. The molecule has 0 radical (unpaired) electrons.